The van der Waals surface area contributed by atoms with E-state index >= 15 is 0 Å². The van der Waals surface area contributed by atoms with Gasteiger partial charge in [-0.05, 0) is 35.1 Å². The van der Waals surface area contributed by atoms with Gasteiger partial charge in [-0.15, -0.1) is 0 Å². The van der Waals surface area contributed by atoms with Crippen LogP contribution in [0.15, 0.2) is 48.5 Å². The zero-order valence-electron chi connectivity index (χ0n) is 10.6. The van der Waals surface area contributed by atoms with Gasteiger partial charge in [-0.1, -0.05) is 48.5 Å². The van der Waals surface area contributed by atoms with Crippen molar-refractivity contribution >= 4 is 0 Å². The molecule has 18 heavy (non-hydrogen) atoms. The molecule has 2 nitrogen and oxygen atoms in total. The van der Waals surface area contributed by atoms with Crippen molar-refractivity contribution in [2.75, 3.05) is 0 Å². The summed E-state index contributed by atoms with van der Waals surface area (Å²) in [6.07, 6.45) is 2.12. The standard InChI is InChI=1S/C16H20N2/c17-11-15-7-3-13(4-8-15)1-2-14-5-9-16(12-18)10-6-14/h3-10H,1-2,11-12,17-18H2. The fourth-order valence-corrected chi connectivity index (χ4v) is 1.97. The first-order chi connectivity index (χ1) is 8.81. The van der Waals surface area contributed by atoms with Crippen molar-refractivity contribution in [2.24, 2.45) is 11.5 Å². The van der Waals surface area contributed by atoms with Crippen LogP contribution in [0, 0.1) is 0 Å². The maximum absolute atomic E-state index is 5.58. The van der Waals surface area contributed by atoms with E-state index in [1.54, 1.807) is 0 Å². The number of nitrogens with two attached hydrogens (primary N) is 2. The van der Waals surface area contributed by atoms with E-state index in [0.717, 1.165) is 12.8 Å². The number of benzene rings is 2. The minimum atomic E-state index is 0.612. The van der Waals surface area contributed by atoms with Crippen molar-refractivity contribution < 1.29 is 0 Å². The smallest absolute Gasteiger partial charge is 0.0178 e. The Morgan fingerprint density at radius 2 is 0.778 bits per heavy atom. The first-order valence-electron chi connectivity index (χ1n) is 6.37. The van der Waals surface area contributed by atoms with Gasteiger partial charge < -0.3 is 11.5 Å². The second-order valence-electron chi connectivity index (χ2n) is 4.54. The van der Waals surface area contributed by atoms with Crippen LogP contribution in [0.25, 0.3) is 0 Å². The molecule has 0 aliphatic carbocycles. The Kier molecular flexibility index (Phi) is 4.51. The van der Waals surface area contributed by atoms with Crippen molar-refractivity contribution in [3.05, 3.63) is 70.8 Å². The lowest BCUT2D eigenvalue weighted by molar-refractivity contribution is 0.951. The SMILES string of the molecule is NCc1ccc(CCc2ccc(CN)cc2)cc1. The molecule has 0 atom stereocenters. The summed E-state index contributed by atoms with van der Waals surface area (Å²) >= 11 is 0. The van der Waals surface area contributed by atoms with Gasteiger partial charge in [0, 0.05) is 13.1 Å². The number of aryl methyl sites for hydroxylation is 2. The summed E-state index contributed by atoms with van der Waals surface area (Å²) in [6.45, 7) is 1.22. The number of hydrogen-bond donors (Lipinski definition) is 2. The Morgan fingerprint density at radius 1 is 0.500 bits per heavy atom. The van der Waals surface area contributed by atoms with Gasteiger partial charge >= 0.3 is 0 Å². The lowest BCUT2D eigenvalue weighted by atomic mass is 10.0. The van der Waals surface area contributed by atoms with Crippen LogP contribution in [0.3, 0.4) is 0 Å². The molecule has 0 saturated carbocycles. The summed E-state index contributed by atoms with van der Waals surface area (Å²) in [7, 11) is 0. The maximum atomic E-state index is 5.58. The molecule has 0 heterocycles. The summed E-state index contributed by atoms with van der Waals surface area (Å²) in [5.74, 6) is 0. The molecule has 2 rings (SSSR count). The molecule has 0 amide bonds. The molecule has 0 spiro atoms. The average molecular weight is 240 g/mol. The molecule has 0 bridgehead atoms. The largest absolute Gasteiger partial charge is 0.326 e. The Balaban J connectivity index is 1.93. The highest BCUT2D eigenvalue weighted by Gasteiger charge is 1.97. The molecule has 0 fully saturated rings. The summed E-state index contributed by atoms with van der Waals surface area (Å²) in [6, 6.07) is 17.1. The van der Waals surface area contributed by atoms with Crippen LogP contribution in [-0.4, -0.2) is 0 Å². The Bertz CT molecular complexity index is 424. The lowest BCUT2D eigenvalue weighted by Gasteiger charge is -2.04. The molecule has 4 N–H and O–H groups in total. The second-order valence-corrected chi connectivity index (χ2v) is 4.54. The molecular weight excluding hydrogens is 220 g/mol. The minimum absolute atomic E-state index is 0.612. The van der Waals surface area contributed by atoms with E-state index in [1.807, 2.05) is 0 Å². The van der Waals surface area contributed by atoms with Crippen LogP contribution < -0.4 is 11.5 Å². The summed E-state index contributed by atoms with van der Waals surface area (Å²) < 4.78 is 0. The summed E-state index contributed by atoms with van der Waals surface area (Å²) in [4.78, 5) is 0. The molecule has 2 aromatic carbocycles. The van der Waals surface area contributed by atoms with Crippen molar-refractivity contribution in [3.63, 3.8) is 0 Å². The Hall–Kier alpha value is -1.64. The van der Waals surface area contributed by atoms with Gasteiger partial charge in [0.2, 0.25) is 0 Å². The maximum Gasteiger partial charge on any atom is 0.0178 e. The monoisotopic (exact) mass is 240 g/mol. The van der Waals surface area contributed by atoms with Crippen molar-refractivity contribution in [3.8, 4) is 0 Å². The normalized spacial score (nSPS) is 10.6. The molecule has 0 aliphatic heterocycles. The van der Waals surface area contributed by atoms with E-state index in [0.29, 0.717) is 13.1 Å². The van der Waals surface area contributed by atoms with Gasteiger partial charge in [-0.25, -0.2) is 0 Å². The molecule has 0 unspecified atom stereocenters. The summed E-state index contributed by atoms with van der Waals surface area (Å²) in [5, 5.41) is 0. The highest BCUT2D eigenvalue weighted by Crippen LogP contribution is 2.10. The van der Waals surface area contributed by atoms with Gasteiger partial charge in [0.1, 0.15) is 0 Å². The van der Waals surface area contributed by atoms with Crippen molar-refractivity contribution in [2.45, 2.75) is 25.9 Å². The molecular formula is C16H20N2. The van der Waals surface area contributed by atoms with Crippen LogP contribution in [0.1, 0.15) is 22.3 Å². The van der Waals surface area contributed by atoms with Crippen LogP contribution in [-0.2, 0) is 25.9 Å². The first-order valence-corrected chi connectivity index (χ1v) is 6.37. The predicted molar refractivity (Wildman–Crippen MR) is 76.1 cm³/mol. The molecule has 94 valence electrons. The van der Waals surface area contributed by atoms with Gasteiger partial charge in [0.25, 0.3) is 0 Å². The van der Waals surface area contributed by atoms with E-state index in [1.165, 1.54) is 22.3 Å². The van der Waals surface area contributed by atoms with Crippen molar-refractivity contribution in [1.82, 2.24) is 0 Å². The van der Waals surface area contributed by atoms with E-state index < -0.39 is 0 Å². The highest BCUT2D eigenvalue weighted by atomic mass is 14.5. The van der Waals surface area contributed by atoms with Gasteiger partial charge in [0.15, 0.2) is 0 Å². The van der Waals surface area contributed by atoms with E-state index in [2.05, 4.69) is 48.5 Å². The topological polar surface area (TPSA) is 52.0 Å². The lowest BCUT2D eigenvalue weighted by Crippen LogP contribution is -1.98. The third kappa shape index (κ3) is 3.42. The fourth-order valence-electron chi connectivity index (χ4n) is 1.97. The fraction of sp³-hybridized carbons (Fsp3) is 0.250. The van der Waals surface area contributed by atoms with Crippen molar-refractivity contribution in [1.29, 1.82) is 0 Å². The van der Waals surface area contributed by atoms with Crippen LogP contribution >= 0.6 is 0 Å². The van der Waals surface area contributed by atoms with Crippen LogP contribution in [0.5, 0.6) is 0 Å². The van der Waals surface area contributed by atoms with Crippen LogP contribution in [0.2, 0.25) is 0 Å². The Labute approximate surface area is 109 Å². The average Bonchev–Trinajstić information content (AvgIpc) is 2.46. The molecule has 0 aromatic heterocycles. The number of rotatable bonds is 5. The predicted octanol–water partition coefficient (Wildman–Crippen LogP) is 2.39. The Morgan fingerprint density at radius 3 is 1.06 bits per heavy atom. The molecule has 0 saturated heterocycles. The van der Waals surface area contributed by atoms with Crippen LogP contribution in [0.4, 0.5) is 0 Å². The van der Waals surface area contributed by atoms with Gasteiger partial charge in [0.05, 0.1) is 0 Å². The van der Waals surface area contributed by atoms with Gasteiger partial charge in [-0.2, -0.15) is 0 Å². The molecule has 2 aromatic rings. The zero-order chi connectivity index (χ0) is 12.8. The minimum Gasteiger partial charge on any atom is -0.326 e. The highest BCUT2D eigenvalue weighted by molar-refractivity contribution is 5.26. The second kappa shape index (κ2) is 6.34. The third-order valence-electron chi connectivity index (χ3n) is 3.22. The quantitative estimate of drug-likeness (QED) is 0.843. The van der Waals surface area contributed by atoms with E-state index in [4.69, 9.17) is 11.5 Å². The van der Waals surface area contributed by atoms with E-state index in [-0.39, 0.29) is 0 Å². The number of hydrogen-bond acceptors (Lipinski definition) is 2. The first kappa shape index (κ1) is 12.8. The molecule has 0 radical (unpaired) electrons. The summed E-state index contributed by atoms with van der Waals surface area (Å²) in [5.41, 5.74) is 16.2. The van der Waals surface area contributed by atoms with E-state index in [9.17, 15) is 0 Å². The zero-order valence-corrected chi connectivity index (χ0v) is 10.6. The van der Waals surface area contributed by atoms with Gasteiger partial charge in [-0.3, -0.25) is 0 Å². The molecule has 2 heteroatoms. The molecule has 0 aliphatic rings. The third-order valence-corrected chi connectivity index (χ3v) is 3.22.